The van der Waals surface area contributed by atoms with E-state index < -0.39 is 14.4 Å². The Morgan fingerprint density at radius 2 is 2.14 bits per heavy atom. The summed E-state index contributed by atoms with van der Waals surface area (Å²) in [5.41, 5.74) is 0.502. The summed E-state index contributed by atoms with van der Waals surface area (Å²) in [6, 6.07) is 0. The number of aryl methyl sites for hydroxylation is 1. The second kappa shape index (κ2) is 7.37. The molecule has 0 spiro atoms. The van der Waals surface area contributed by atoms with Crippen molar-refractivity contribution >= 4 is 37.0 Å². The lowest BCUT2D eigenvalue weighted by Crippen LogP contribution is -2.44. The molecule has 0 unspecified atom stereocenters. The molecule has 120 valence electrons. The highest BCUT2D eigenvalue weighted by atomic mass is 127. The third-order valence-electron chi connectivity index (χ3n) is 3.84. The molecular weight excluding hydrogens is 400 g/mol. The summed E-state index contributed by atoms with van der Waals surface area (Å²) in [6.07, 6.45) is 3.04. The molecule has 0 aliphatic rings. The van der Waals surface area contributed by atoms with E-state index >= 15 is 0 Å². The van der Waals surface area contributed by atoms with Crippen molar-refractivity contribution in [3.05, 3.63) is 23.7 Å². The normalized spacial score (nSPS) is 15.3. The molecule has 0 aromatic carbocycles. The SMILES string of the molecule is Cc1nc(/C=C(\F)[C@H](CCI)O[Si](C)(C)C(C)(C)C)co1. The van der Waals surface area contributed by atoms with Crippen LogP contribution in [0.1, 0.15) is 38.8 Å². The summed E-state index contributed by atoms with van der Waals surface area (Å²) < 4.78 is 26.7. The van der Waals surface area contributed by atoms with Crippen molar-refractivity contribution in [2.45, 2.75) is 58.4 Å². The van der Waals surface area contributed by atoms with Crippen LogP contribution in [0, 0.1) is 6.92 Å². The molecule has 0 aliphatic carbocycles. The Bertz CT molecular complexity index is 494. The Morgan fingerprint density at radius 1 is 1.52 bits per heavy atom. The van der Waals surface area contributed by atoms with Crippen molar-refractivity contribution in [2.75, 3.05) is 4.43 Å². The second-order valence-electron chi connectivity index (χ2n) is 6.67. The topological polar surface area (TPSA) is 35.3 Å². The molecule has 0 bridgehead atoms. The molecular formula is C15H25FINO2Si. The highest BCUT2D eigenvalue weighted by Crippen LogP contribution is 2.38. The minimum absolute atomic E-state index is 0.0568. The van der Waals surface area contributed by atoms with Gasteiger partial charge in [0.1, 0.15) is 17.8 Å². The van der Waals surface area contributed by atoms with Crippen LogP contribution in [0.3, 0.4) is 0 Å². The first-order valence-corrected chi connectivity index (χ1v) is 11.5. The smallest absolute Gasteiger partial charge is 0.193 e. The predicted octanol–water partition coefficient (Wildman–Crippen LogP) is 5.51. The van der Waals surface area contributed by atoms with E-state index in [9.17, 15) is 4.39 Å². The molecule has 21 heavy (non-hydrogen) atoms. The van der Waals surface area contributed by atoms with Gasteiger partial charge >= 0.3 is 0 Å². The molecule has 0 aliphatic heterocycles. The minimum Gasteiger partial charge on any atom is -0.449 e. The average Bonchev–Trinajstić information content (AvgIpc) is 2.72. The van der Waals surface area contributed by atoms with Crippen molar-refractivity contribution in [1.82, 2.24) is 4.98 Å². The first-order valence-electron chi connectivity index (χ1n) is 7.10. The molecule has 3 nitrogen and oxygen atoms in total. The number of alkyl halides is 1. The molecule has 0 amide bonds. The summed E-state index contributed by atoms with van der Waals surface area (Å²) in [4.78, 5) is 4.11. The zero-order valence-corrected chi connectivity index (χ0v) is 16.8. The van der Waals surface area contributed by atoms with Crippen molar-refractivity contribution in [1.29, 1.82) is 0 Å². The third kappa shape index (κ3) is 5.48. The maximum atomic E-state index is 14.5. The second-order valence-corrected chi connectivity index (χ2v) is 12.5. The molecule has 0 saturated heterocycles. The summed E-state index contributed by atoms with van der Waals surface area (Å²) in [7, 11) is -2.01. The lowest BCUT2D eigenvalue weighted by molar-refractivity contribution is 0.187. The van der Waals surface area contributed by atoms with Gasteiger partial charge < -0.3 is 8.84 Å². The maximum Gasteiger partial charge on any atom is 0.193 e. The van der Waals surface area contributed by atoms with Gasteiger partial charge in [-0.15, -0.1) is 0 Å². The predicted molar refractivity (Wildman–Crippen MR) is 95.9 cm³/mol. The Balaban J connectivity index is 2.93. The fourth-order valence-electron chi connectivity index (χ4n) is 1.57. The van der Waals surface area contributed by atoms with E-state index in [0.29, 0.717) is 18.0 Å². The van der Waals surface area contributed by atoms with Gasteiger partial charge in [0.05, 0.1) is 6.10 Å². The van der Waals surface area contributed by atoms with Crippen molar-refractivity contribution in [2.24, 2.45) is 0 Å². The van der Waals surface area contributed by atoms with Gasteiger partial charge in [-0.25, -0.2) is 9.37 Å². The number of nitrogens with zero attached hydrogens (tertiary/aromatic N) is 1. The Hall–Kier alpha value is -0.213. The quantitative estimate of drug-likeness (QED) is 0.343. The summed E-state index contributed by atoms with van der Waals surface area (Å²) >= 11 is 2.25. The highest BCUT2D eigenvalue weighted by Gasteiger charge is 2.39. The summed E-state index contributed by atoms with van der Waals surface area (Å²) in [5, 5.41) is 0.0568. The average molecular weight is 425 g/mol. The van der Waals surface area contributed by atoms with Crippen molar-refractivity contribution in [3.8, 4) is 0 Å². The van der Waals surface area contributed by atoms with Gasteiger partial charge in [0, 0.05) is 17.4 Å². The fourth-order valence-corrected chi connectivity index (χ4v) is 3.43. The van der Waals surface area contributed by atoms with Gasteiger partial charge in [-0.1, -0.05) is 43.4 Å². The first kappa shape index (κ1) is 18.8. The zero-order valence-electron chi connectivity index (χ0n) is 13.7. The maximum absolute atomic E-state index is 14.5. The molecule has 0 radical (unpaired) electrons. The Labute approximate surface area is 141 Å². The van der Waals surface area contributed by atoms with Crippen LogP contribution in [0.4, 0.5) is 4.39 Å². The van der Waals surface area contributed by atoms with Gasteiger partial charge in [-0.2, -0.15) is 0 Å². The lowest BCUT2D eigenvalue weighted by atomic mass is 10.2. The molecule has 1 heterocycles. The van der Waals surface area contributed by atoms with Crippen LogP contribution in [0.5, 0.6) is 0 Å². The van der Waals surface area contributed by atoms with E-state index in [-0.39, 0.29) is 10.9 Å². The Morgan fingerprint density at radius 3 is 2.57 bits per heavy atom. The standard InChI is InChI=1S/C15H25FINO2Si/c1-11-18-12(10-19-11)9-13(16)14(7-8-17)20-21(5,6)15(2,3)4/h9-10,14H,7-8H2,1-6H3/b13-9-/t14-/m0/s1. The first-order chi connectivity index (χ1) is 9.56. The number of rotatable bonds is 6. The van der Waals surface area contributed by atoms with E-state index in [2.05, 4.69) is 61.4 Å². The van der Waals surface area contributed by atoms with Gasteiger partial charge in [0.15, 0.2) is 14.2 Å². The van der Waals surface area contributed by atoms with Crippen LogP contribution in [-0.4, -0.2) is 23.8 Å². The molecule has 0 saturated carbocycles. The molecule has 0 N–H and O–H groups in total. The van der Waals surface area contributed by atoms with Crippen LogP contribution >= 0.6 is 22.6 Å². The summed E-state index contributed by atoms with van der Waals surface area (Å²) in [6.45, 7) is 12.5. The zero-order chi connectivity index (χ0) is 16.3. The number of aromatic nitrogens is 1. The van der Waals surface area contributed by atoms with Crippen LogP contribution < -0.4 is 0 Å². The van der Waals surface area contributed by atoms with E-state index in [4.69, 9.17) is 8.84 Å². The van der Waals surface area contributed by atoms with Crippen LogP contribution in [0.15, 0.2) is 16.5 Å². The molecule has 1 rings (SSSR count). The fraction of sp³-hybridized carbons (Fsp3) is 0.667. The number of halogens is 2. The molecule has 1 aromatic rings. The molecule has 1 atom stereocenters. The number of hydrogen-bond donors (Lipinski definition) is 0. The van der Waals surface area contributed by atoms with E-state index in [0.717, 1.165) is 4.43 Å². The largest absolute Gasteiger partial charge is 0.449 e. The van der Waals surface area contributed by atoms with Crippen molar-refractivity contribution in [3.63, 3.8) is 0 Å². The van der Waals surface area contributed by atoms with Gasteiger partial charge in [0.25, 0.3) is 0 Å². The third-order valence-corrected chi connectivity index (χ3v) is 8.95. The van der Waals surface area contributed by atoms with Crippen LogP contribution in [0.2, 0.25) is 18.1 Å². The van der Waals surface area contributed by atoms with Gasteiger partial charge in [0.2, 0.25) is 0 Å². The molecule has 1 aromatic heterocycles. The monoisotopic (exact) mass is 425 g/mol. The van der Waals surface area contributed by atoms with Gasteiger partial charge in [-0.3, -0.25) is 0 Å². The lowest BCUT2D eigenvalue weighted by Gasteiger charge is -2.38. The van der Waals surface area contributed by atoms with Gasteiger partial charge in [-0.05, 0) is 24.6 Å². The molecule has 6 heteroatoms. The highest BCUT2D eigenvalue weighted by molar-refractivity contribution is 14.1. The van der Waals surface area contributed by atoms with Crippen LogP contribution in [0.25, 0.3) is 6.08 Å². The molecule has 0 fully saturated rings. The van der Waals surface area contributed by atoms with E-state index in [1.54, 1.807) is 6.92 Å². The number of hydrogen-bond acceptors (Lipinski definition) is 3. The van der Waals surface area contributed by atoms with E-state index in [1.165, 1.54) is 12.3 Å². The van der Waals surface area contributed by atoms with Crippen LogP contribution in [-0.2, 0) is 4.43 Å². The summed E-state index contributed by atoms with van der Waals surface area (Å²) in [5.74, 6) is 0.259. The number of oxazole rings is 1. The Kier molecular flexibility index (Phi) is 6.61. The minimum atomic E-state index is -2.01. The van der Waals surface area contributed by atoms with Crippen molar-refractivity contribution < 1.29 is 13.2 Å². The van der Waals surface area contributed by atoms with E-state index in [1.807, 2.05) is 0 Å².